The molecule has 5 rings (SSSR count). The third-order valence-corrected chi connectivity index (χ3v) is 5.39. The Morgan fingerprint density at radius 3 is 2.52 bits per heavy atom. The van der Waals surface area contributed by atoms with Gasteiger partial charge in [0, 0.05) is 17.4 Å². The van der Waals surface area contributed by atoms with Gasteiger partial charge in [-0.1, -0.05) is 0 Å². The van der Waals surface area contributed by atoms with Crippen molar-refractivity contribution in [1.82, 2.24) is 0 Å². The van der Waals surface area contributed by atoms with Crippen molar-refractivity contribution in [3.8, 4) is 34.3 Å². The van der Waals surface area contributed by atoms with Crippen LogP contribution in [0.1, 0.15) is 11.1 Å². The first kappa shape index (κ1) is 17.7. The number of ether oxygens (including phenoxy) is 4. The maximum atomic E-state index is 5.65. The van der Waals surface area contributed by atoms with Gasteiger partial charge in [-0.3, -0.25) is 0 Å². The fourth-order valence-corrected chi connectivity index (χ4v) is 4.15. The van der Waals surface area contributed by atoms with Gasteiger partial charge >= 0.3 is 0 Å². The average molecular weight is 386 g/mol. The van der Waals surface area contributed by atoms with Gasteiger partial charge in [0.15, 0.2) is 35.7 Å². The van der Waals surface area contributed by atoms with Gasteiger partial charge in [-0.15, -0.1) is 0 Å². The third kappa shape index (κ3) is 2.49. The maximum absolute atomic E-state index is 5.65. The van der Waals surface area contributed by atoms with Gasteiger partial charge in [0.25, 0.3) is 0 Å². The Morgan fingerprint density at radius 2 is 1.78 bits per heavy atom. The number of rotatable bonds is 2. The average Bonchev–Trinajstić information content (AvgIpc) is 3.12. The van der Waals surface area contributed by atoms with E-state index < -0.39 is 0 Å². The normalized spacial score (nSPS) is 13.6. The molecule has 2 aromatic carbocycles. The maximum Gasteiger partial charge on any atom is 0.231 e. The molecule has 3 heterocycles. The van der Waals surface area contributed by atoms with Crippen molar-refractivity contribution in [1.29, 1.82) is 0 Å². The van der Waals surface area contributed by atoms with E-state index in [2.05, 4.69) is 35.9 Å². The lowest BCUT2D eigenvalue weighted by atomic mass is 9.92. The topological polar surface area (TPSA) is 40.8 Å². The lowest BCUT2D eigenvalue weighted by Gasteiger charge is -2.19. The summed E-state index contributed by atoms with van der Waals surface area (Å²) in [6, 6.07) is 8.31. The number of benzene rings is 2. The second-order valence-electron chi connectivity index (χ2n) is 6.67. The highest BCUT2D eigenvalue weighted by Gasteiger charge is 2.30. The Labute approximate surface area is 163 Å². The molecule has 0 saturated heterocycles. The van der Waals surface area contributed by atoms with Crippen LogP contribution in [0.2, 0.25) is 0 Å². The molecule has 1 aromatic heterocycles. The van der Waals surface area contributed by atoms with Crippen LogP contribution in [0.3, 0.4) is 0 Å². The van der Waals surface area contributed by atoms with Crippen molar-refractivity contribution in [2.45, 2.75) is 19.9 Å². The predicted molar refractivity (Wildman–Crippen MR) is 97.2 cm³/mol. The minimum absolute atomic E-state index is 0. The van der Waals surface area contributed by atoms with Crippen LogP contribution >= 0.6 is 0 Å². The van der Waals surface area contributed by atoms with E-state index in [1.165, 1.54) is 27.8 Å². The molecule has 0 N–H and O–H groups in total. The minimum Gasteiger partial charge on any atom is -1.00 e. The zero-order valence-electron chi connectivity index (χ0n) is 15.5. The van der Waals surface area contributed by atoms with Crippen molar-refractivity contribution in [3.63, 3.8) is 0 Å². The Morgan fingerprint density at radius 1 is 1.00 bits per heavy atom. The molecule has 0 fully saturated rings. The summed E-state index contributed by atoms with van der Waals surface area (Å²) in [5.41, 5.74) is 4.97. The van der Waals surface area contributed by atoms with Gasteiger partial charge < -0.3 is 31.4 Å². The number of hydrogen-bond acceptors (Lipinski definition) is 4. The molecule has 0 unspecified atom stereocenters. The van der Waals surface area contributed by atoms with Crippen LogP contribution in [0, 0.1) is 6.92 Å². The third-order valence-electron chi connectivity index (χ3n) is 5.39. The molecule has 27 heavy (non-hydrogen) atoms. The van der Waals surface area contributed by atoms with Crippen molar-refractivity contribution in [2.24, 2.45) is 0 Å². The van der Waals surface area contributed by atoms with Crippen molar-refractivity contribution >= 4 is 10.8 Å². The van der Waals surface area contributed by atoms with Crippen molar-refractivity contribution in [2.75, 3.05) is 21.0 Å². The number of nitrogens with zero attached hydrogens (tertiary/aromatic N) is 1. The van der Waals surface area contributed by atoms with Crippen molar-refractivity contribution < 1.29 is 35.9 Å². The lowest BCUT2D eigenvalue weighted by molar-refractivity contribution is -0.686. The Bertz CT molecular complexity index is 1060. The fourth-order valence-electron chi connectivity index (χ4n) is 4.15. The second kappa shape index (κ2) is 6.50. The van der Waals surface area contributed by atoms with E-state index in [4.69, 9.17) is 18.9 Å². The number of fused-ring (bicyclic) bond motifs is 5. The number of halogens is 1. The molecule has 0 spiro atoms. The molecule has 0 aliphatic carbocycles. The highest BCUT2D eigenvalue weighted by molar-refractivity contribution is 5.94. The number of aromatic nitrogens is 1. The highest BCUT2D eigenvalue weighted by atomic mass is 35.5. The number of hydrogen-bond donors (Lipinski definition) is 0. The molecule has 2 aliphatic heterocycles. The van der Waals surface area contributed by atoms with E-state index in [9.17, 15) is 0 Å². The number of aryl methyl sites for hydroxylation is 3. The van der Waals surface area contributed by atoms with Gasteiger partial charge in [-0.05, 0) is 36.8 Å². The van der Waals surface area contributed by atoms with Gasteiger partial charge in [0.2, 0.25) is 12.5 Å². The van der Waals surface area contributed by atoms with Crippen LogP contribution in [0.5, 0.6) is 23.0 Å². The lowest BCUT2D eigenvalue weighted by Crippen LogP contribution is -3.00. The molecule has 0 atom stereocenters. The summed E-state index contributed by atoms with van der Waals surface area (Å²) in [5.74, 6) is 3.20. The Kier molecular flexibility index (Phi) is 4.27. The monoisotopic (exact) mass is 385 g/mol. The Balaban J connectivity index is 0.00000180. The number of methoxy groups -OCH3 is 2. The molecule has 5 nitrogen and oxygen atoms in total. The summed E-state index contributed by atoms with van der Waals surface area (Å²) < 4.78 is 24.6. The predicted octanol–water partition coefficient (Wildman–Crippen LogP) is 0.409. The van der Waals surface area contributed by atoms with Gasteiger partial charge in [0.05, 0.1) is 25.2 Å². The summed E-state index contributed by atoms with van der Waals surface area (Å²) in [6.45, 7) is 3.38. The second-order valence-corrected chi connectivity index (χ2v) is 6.67. The summed E-state index contributed by atoms with van der Waals surface area (Å²) in [7, 11) is 3.35. The zero-order valence-corrected chi connectivity index (χ0v) is 16.2. The molecular weight excluding hydrogens is 366 g/mol. The van der Waals surface area contributed by atoms with Crippen LogP contribution in [-0.4, -0.2) is 21.0 Å². The zero-order chi connectivity index (χ0) is 17.8. The summed E-state index contributed by atoms with van der Waals surface area (Å²) in [4.78, 5) is 0. The van der Waals surface area contributed by atoms with E-state index >= 15 is 0 Å². The smallest absolute Gasteiger partial charge is 0.231 e. The van der Waals surface area contributed by atoms with Crippen molar-refractivity contribution in [3.05, 3.63) is 41.6 Å². The summed E-state index contributed by atoms with van der Waals surface area (Å²) >= 11 is 0. The molecular formula is C21H20ClNO4. The van der Waals surface area contributed by atoms with Crippen LogP contribution in [0.25, 0.3) is 22.0 Å². The highest BCUT2D eigenvalue weighted by Crippen LogP contribution is 2.43. The quantitative estimate of drug-likeness (QED) is 0.599. The van der Waals surface area contributed by atoms with Gasteiger partial charge in [-0.2, -0.15) is 4.57 Å². The van der Waals surface area contributed by atoms with E-state index in [0.29, 0.717) is 6.79 Å². The van der Waals surface area contributed by atoms with E-state index in [1.54, 1.807) is 14.2 Å². The Hall–Kier alpha value is -2.66. The minimum atomic E-state index is 0. The van der Waals surface area contributed by atoms with Crippen LogP contribution in [-0.2, 0) is 13.0 Å². The molecule has 2 aliphatic rings. The van der Waals surface area contributed by atoms with Gasteiger partial charge in [0.1, 0.15) is 0 Å². The molecule has 140 valence electrons. The molecule has 0 amide bonds. The van der Waals surface area contributed by atoms with E-state index in [-0.39, 0.29) is 12.4 Å². The fraction of sp³-hybridized carbons (Fsp3) is 0.286. The molecule has 6 heteroatoms. The van der Waals surface area contributed by atoms with Crippen LogP contribution in [0.4, 0.5) is 0 Å². The summed E-state index contributed by atoms with van der Waals surface area (Å²) in [6.07, 6.45) is 3.13. The molecule has 0 radical (unpaired) electrons. The van der Waals surface area contributed by atoms with E-state index in [1.807, 2.05) is 6.07 Å². The molecule has 0 saturated carbocycles. The molecule has 0 bridgehead atoms. The van der Waals surface area contributed by atoms with Gasteiger partial charge in [-0.25, -0.2) is 0 Å². The largest absolute Gasteiger partial charge is 1.00 e. The summed E-state index contributed by atoms with van der Waals surface area (Å²) in [5, 5.41) is 2.23. The first-order valence-electron chi connectivity index (χ1n) is 8.72. The van der Waals surface area contributed by atoms with Crippen LogP contribution < -0.4 is 35.9 Å². The first-order chi connectivity index (χ1) is 12.7. The first-order valence-corrected chi connectivity index (χ1v) is 8.72. The van der Waals surface area contributed by atoms with E-state index in [0.717, 1.165) is 41.3 Å². The SMILES string of the molecule is COc1ccc2c(C)c3[n+](cc2c1OC)CCc1cc2c(cc1-3)OCO2.[Cl-]. The molecule has 3 aromatic rings. The standard InChI is InChI=1S/C21H20NO4.ClH/c1-12-14-4-5-17(23-2)21(24-3)16(14)10-22-7-6-13-8-18-19(26-11-25-18)9-15(13)20(12)22;/h4-5,8-10H,6-7,11H2,1-3H3;1H/q+1;/p-1. The van der Waals surface area contributed by atoms with Crippen LogP contribution in [0.15, 0.2) is 30.5 Å². The number of pyridine rings is 1.